The summed E-state index contributed by atoms with van der Waals surface area (Å²) < 4.78 is 12.3. The maximum atomic E-state index is 12.0. The van der Waals surface area contributed by atoms with Crippen molar-refractivity contribution in [3.05, 3.63) is 76.5 Å². The van der Waals surface area contributed by atoms with Crippen LogP contribution in [0.4, 0.5) is 0 Å². The van der Waals surface area contributed by atoms with Crippen LogP contribution in [0.3, 0.4) is 0 Å². The van der Waals surface area contributed by atoms with Gasteiger partial charge in [-0.2, -0.15) is 0 Å². The fraction of sp³-hybridized carbons (Fsp3) is 0.182. The Bertz CT molecular complexity index is 968. The van der Waals surface area contributed by atoms with Crippen molar-refractivity contribution in [2.24, 2.45) is 0 Å². The van der Waals surface area contributed by atoms with Gasteiger partial charge in [0.1, 0.15) is 17.3 Å². The fourth-order valence-corrected chi connectivity index (χ4v) is 3.04. The molecule has 0 saturated heterocycles. The first kappa shape index (κ1) is 21.1. The second kappa shape index (κ2) is 10.2. The first-order valence-electron chi connectivity index (χ1n) is 9.17. The third kappa shape index (κ3) is 6.44. The van der Waals surface area contributed by atoms with Gasteiger partial charge >= 0.3 is 0 Å². The van der Waals surface area contributed by atoms with Gasteiger partial charge in [0.05, 0.1) is 6.54 Å². The van der Waals surface area contributed by atoms with E-state index in [1.54, 1.807) is 0 Å². The molecule has 2 N–H and O–H groups in total. The molecule has 1 aromatic heterocycles. The Labute approximate surface area is 183 Å². The number of benzene rings is 2. The summed E-state index contributed by atoms with van der Waals surface area (Å²) in [5.41, 5.74) is 2.20. The Balaban J connectivity index is 1.42. The summed E-state index contributed by atoms with van der Waals surface area (Å²) in [5.74, 6) is 1.81. The third-order valence-electron chi connectivity index (χ3n) is 4.17. The Morgan fingerprint density at radius 3 is 2.48 bits per heavy atom. The number of nitrogens with one attached hydrogen (secondary N) is 2. The van der Waals surface area contributed by atoms with Crippen LogP contribution in [0.25, 0.3) is 11.3 Å². The Morgan fingerprint density at radius 1 is 1.07 bits per heavy atom. The lowest BCUT2D eigenvalue weighted by molar-refractivity contribution is -0.121. The van der Waals surface area contributed by atoms with E-state index >= 15 is 0 Å². The zero-order chi connectivity index (χ0) is 20.6. The average Bonchev–Trinajstić information content (AvgIpc) is 3.21. The van der Waals surface area contributed by atoms with E-state index in [0.29, 0.717) is 18.1 Å². The Kier molecular flexibility index (Phi) is 7.43. The van der Waals surface area contributed by atoms with Gasteiger partial charge in [0.25, 0.3) is 5.91 Å². The second-order valence-corrected chi connectivity index (χ2v) is 7.61. The van der Waals surface area contributed by atoms with Gasteiger partial charge in [-0.1, -0.05) is 47.1 Å². The number of carbonyl (C=O) groups is 1. The summed E-state index contributed by atoms with van der Waals surface area (Å²) in [7, 11) is 0. The van der Waals surface area contributed by atoms with Crippen molar-refractivity contribution in [2.75, 3.05) is 6.61 Å². The fourth-order valence-electron chi connectivity index (χ4n) is 2.59. The minimum atomic E-state index is -0.322. The summed E-state index contributed by atoms with van der Waals surface area (Å²) in [6.07, 6.45) is 0.959. The summed E-state index contributed by atoms with van der Waals surface area (Å²) in [5, 5.41) is 5.78. The molecule has 0 saturated carbocycles. The molecule has 0 spiro atoms. The van der Waals surface area contributed by atoms with Crippen molar-refractivity contribution in [2.45, 2.75) is 19.9 Å². The molecular formula is C22H21BrN2O3S. The smallest absolute Gasteiger partial charge is 0.264 e. The first-order valence-corrected chi connectivity index (χ1v) is 10.4. The molecule has 150 valence electrons. The molecule has 3 aromatic rings. The van der Waals surface area contributed by atoms with Crippen LogP contribution < -0.4 is 15.4 Å². The van der Waals surface area contributed by atoms with Crippen LogP contribution in [0.15, 0.2) is 69.6 Å². The molecule has 0 radical (unpaired) electrons. The van der Waals surface area contributed by atoms with Crippen LogP contribution in [0, 0.1) is 0 Å². The number of hydrogen-bond donors (Lipinski definition) is 2. The zero-order valence-electron chi connectivity index (χ0n) is 15.9. The number of halogens is 1. The van der Waals surface area contributed by atoms with Crippen LogP contribution in [-0.2, 0) is 17.8 Å². The predicted octanol–water partition coefficient (Wildman–Crippen LogP) is 4.84. The minimum absolute atomic E-state index is 0.109. The Hall–Kier alpha value is -2.64. The highest BCUT2D eigenvalue weighted by Crippen LogP contribution is 2.23. The van der Waals surface area contributed by atoms with Crippen LogP contribution in [0.2, 0.25) is 0 Å². The lowest BCUT2D eigenvalue weighted by Gasteiger charge is -2.10. The van der Waals surface area contributed by atoms with E-state index in [9.17, 15) is 4.79 Å². The van der Waals surface area contributed by atoms with E-state index in [-0.39, 0.29) is 17.6 Å². The standard InChI is InChI=1S/C22H21BrN2O3S/c1-2-15-3-9-18(10-4-15)27-14-21(26)25-22(29)24-13-19-11-12-20(28-19)16-5-7-17(23)8-6-16/h3-12H,2,13-14H2,1H3,(H2,24,25,26,29). The maximum absolute atomic E-state index is 12.0. The quantitative estimate of drug-likeness (QED) is 0.481. The van der Waals surface area contributed by atoms with Crippen molar-refractivity contribution in [3.63, 3.8) is 0 Å². The highest BCUT2D eigenvalue weighted by molar-refractivity contribution is 9.10. The summed E-state index contributed by atoms with van der Waals surface area (Å²) in [4.78, 5) is 12.0. The maximum Gasteiger partial charge on any atom is 0.264 e. The number of thiocarbonyl (C=S) groups is 1. The monoisotopic (exact) mass is 472 g/mol. The summed E-state index contributed by atoms with van der Waals surface area (Å²) in [6, 6.07) is 19.3. The molecule has 0 fully saturated rings. The number of amides is 1. The van der Waals surface area contributed by atoms with Crippen molar-refractivity contribution in [1.82, 2.24) is 10.6 Å². The number of carbonyl (C=O) groups excluding carboxylic acids is 1. The highest BCUT2D eigenvalue weighted by Gasteiger charge is 2.08. The van der Waals surface area contributed by atoms with E-state index in [0.717, 1.165) is 22.2 Å². The molecule has 7 heteroatoms. The van der Waals surface area contributed by atoms with Gasteiger partial charge in [0, 0.05) is 10.0 Å². The van der Waals surface area contributed by atoms with Crippen LogP contribution in [0.1, 0.15) is 18.2 Å². The minimum Gasteiger partial charge on any atom is -0.484 e. The molecule has 0 aliphatic carbocycles. The van der Waals surface area contributed by atoms with E-state index in [4.69, 9.17) is 21.4 Å². The summed E-state index contributed by atoms with van der Waals surface area (Å²) >= 11 is 8.58. The van der Waals surface area contributed by atoms with Gasteiger partial charge in [-0.15, -0.1) is 0 Å². The van der Waals surface area contributed by atoms with Gasteiger partial charge in [0.15, 0.2) is 11.7 Å². The molecule has 5 nitrogen and oxygen atoms in total. The molecule has 29 heavy (non-hydrogen) atoms. The number of furan rings is 1. The number of aryl methyl sites for hydroxylation is 1. The lowest BCUT2D eigenvalue weighted by atomic mass is 10.2. The molecule has 1 heterocycles. The van der Waals surface area contributed by atoms with Crippen LogP contribution >= 0.6 is 28.1 Å². The molecule has 0 bridgehead atoms. The van der Waals surface area contributed by atoms with Gasteiger partial charge in [-0.3, -0.25) is 4.79 Å². The Morgan fingerprint density at radius 2 is 1.79 bits per heavy atom. The molecule has 3 rings (SSSR count). The van der Waals surface area contributed by atoms with Crippen molar-refractivity contribution in [1.29, 1.82) is 0 Å². The van der Waals surface area contributed by atoms with Gasteiger partial charge in [0.2, 0.25) is 0 Å². The van der Waals surface area contributed by atoms with E-state index in [1.165, 1.54) is 5.56 Å². The van der Waals surface area contributed by atoms with Gasteiger partial charge < -0.3 is 19.8 Å². The average molecular weight is 473 g/mol. The lowest BCUT2D eigenvalue weighted by Crippen LogP contribution is -2.41. The van der Waals surface area contributed by atoms with Gasteiger partial charge in [-0.25, -0.2) is 0 Å². The van der Waals surface area contributed by atoms with E-state index < -0.39 is 0 Å². The predicted molar refractivity (Wildman–Crippen MR) is 121 cm³/mol. The van der Waals surface area contributed by atoms with Crippen LogP contribution in [0.5, 0.6) is 5.75 Å². The normalized spacial score (nSPS) is 10.4. The van der Waals surface area contributed by atoms with Crippen molar-refractivity contribution >= 4 is 39.2 Å². The first-order chi connectivity index (χ1) is 14.0. The SMILES string of the molecule is CCc1ccc(OCC(=O)NC(=S)NCc2ccc(-c3ccc(Br)cc3)o2)cc1. The molecule has 1 amide bonds. The topological polar surface area (TPSA) is 63.5 Å². The zero-order valence-corrected chi connectivity index (χ0v) is 18.3. The molecule has 0 atom stereocenters. The number of ether oxygens (including phenoxy) is 1. The largest absolute Gasteiger partial charge is 0.484 e. The summed E-state index contributed by atoms with van der Waals surface area (Å²) in [6.45, 7) is 2.35. The molecule has 0 aliphatic heterocycles. The van der Waals surface area contributed by atoms with E-state index in [1.807, 2.05) is 60.7 Å². The van der Waals surface area contributed by atoms with Gasteiger partial charge in [-0.05, 0) is 60.6 Å². The van der Waals surface area contributed by atoms with E-state index in [2.05, 4.69) is 33.5 Å². The number of rotatable bonds is 7. The molecule has 0 unspecified atom stereocenters. The van der Waals surface area contributed by atoms with Crippen molar-refractivity contribution < 1.29 is 13.9 Å². The molecule has 2 aromatic carbocycles. The second-order valence-electron chi connectivity index (χ2n) is 6.29. The molecular weight excluding hydrogens is 452 g/mol. The van der Waals surface area contributed by atoms with Crippen molar-refractivity contribution in [3.8, 4) is 17.1 Å². The highest BCUT2D eigenvalue weighted by atomic mass is 79.9. The number of hydrogen-bond acceptors (Lipinski definition) is 4. The molecule has 0 aliphatic rings. The third-order valence-corrected chi connectivity index (χ3v) is 4.94. The van der Waals surface area contributed by atoms with Crippen LogP contribution in [-0.4, -0.2) is 17.6 Å².